The number of aromatic hydroxyl groups is 1. The standard InChI is InChI=1S/C17H9BrN2O4/c18-10-3-1-2-9-12(16(22)20-13(9)10)14-15(21)8-5-4-7(17(23)24)6-11(8)19-14/h1-6,20,22H,(H,23,24). The molecule has 1 aromatic heterocycles. The second kappa shape index (κ2) is 5.04. The molecular weight excluding hydrogens is 376 g/mol. The topological polar surface area (TPSA) is 103 Å². The molecule has 6 nitrogen and oxygen atoms in total. The van der Waals surface area contributed by atoms with Gasteiger partial charge < -0.3 is 15.2 Å². The zero-order chi connectivity index (χ0) is 17.0. The summed E-state index contributed by atoms with van der Waals surface area (Å²) in [5.41, 5.74) is 1.72. The summed E-state index contributed by atoms with van der Waals surface area (Å²) in [5.74, 6) is -1.60. The molecule has 0 unspecified atom stereocenters. The minimum atomic E-state index is -1.09. The Kier molecular flexibility index (Phi) is 3.07. The van der Waals surface area contributed by atoms with Crippen LogP contribution in [0.15, 0.2) is 45.9 Å². The van der Waals surface area contributed by atoms with E-state index >= 15 is 0 Å². The molecule has 118 valence electrons. The number of carboxylic acid groups (broad SMARTS) is 1. The van der Waals surface area contributed by atoms with Gasteiger partial charge in [-0.25, -0.2) is 9.79 Å². The van der Waals surface area contributed by atoms with Crippen molar-refractivity contribution in [3.8, 4) is 5.88 Å². The number of aliphatic imine (C=N–C) groups is 1. The number of benzene rings is 2. The molecule has 0 saturated carbocycles. The molecule has 24 heavy (non-hydrogen) atoms. The third-order valence-corrected chi connectivity index (χ3v) is 4.60. The van der Waals surface area contributed by atoms with E-state index in [1.54, 1.807) is 12.1 Å². The van der Waals surface area contributed by atoms with Crippen molar-refractivity contribution in [3.63, 3.8) is 0 Å². The fourth-order valence-electron chi connectivity index (χ4n) is 2.83. The number of halogens is 1. The second-order valence-electron chi connectivity index (χ2n) is 5.34. The van der Waals surface area contributed by atoms with Gasteiger partial charge in [0.1, 0.15) is 5.71 Å². The highest BCUT2D eigenvalue weighted by atomic mass is 79.9. The number of nitrogens with zero attached hydrogens (tertiary/aromatic N) is 1. The number of aromatic amines is 1. The predicted molar refractivity (Wildman–Crippen MR) is 91.6 cm³/mol. The van der Waals surface area contributed by atoms with Crippen LogP contribution in [0.2, 0.25) is 0 Å². The van der Waals surface area contributed by atoms with Crippen LogP contribution in [-0.2, 0) is 0 Å². The van der Waals surface area contributed by atoms with Gasteiger partial charge in [-0.1, -0.05) is 12.1 Å². The molecule has 4 rings (SSSR count). The molecule has 7 heteroatoms. The molecule has 0 saturated heterocycles. The monoisotopic (exact) mass is 384 g/mol. The predicted octanol–water partition coefficient (Wildman–Crippen LogP) is 3.65. The van der Waals surface area contributed by atoms with Gasteiger partial charge in [0.05, 0.1) is 22.3 Å². The van der Waals surface area contributed by atoms with E-state index in [1.807, 2.05) is 6.07 Å². The van der Waals surface area contributed by atoms with Crippen LogP contribution in [0.3, 0.4) is 0 Å². The minimum Gasteiger partial charge on any atom is -0.494 e. The number of Topliss-reactive ketones (excluding diaryl/α,β-unsaturated/α-hetero) is 1. The lowest BCUT2D eigenvalue weighted by Crippen LogP contribution is -2.11. The van der Waals surface area contributed by atoms with Crippen molar-refractivity contribution in [1.82, 2.24) is 4.98 Å². The smallest absolute Gasteiger partial charge is 0.335 e. The van der Waals surface area contributed by atoms with Crippen molar-refractivity contribution < 1.29 is 19.8 Å². The summed E-state index contributed by atoms with van der Waals surface area (Å²) in [6.07, 6.45) is 0. The molecule has 0 bridgehead atoms. The summed E-state index contributed by atoms with van der Waals surface area (Å²) in [5, 5.41) is 20.0. The summed E-state index contributed by atoms with van der Waals surface area (Å²) in [6, 6.07) is 9.53. The maximum Gasteiger partial charge on any atom is 0.335 e. The fraction of sp³-hybridized carbons (Fsp3) is 0. The van der Waals surface area contributed by atoms with E-state index in [9.17, 15) is 14.7 Å². The number of aromatic carboxylic acids is 1. The van der Waals surface area contributed by atoms with E-state index in [-0.39, 0.29) is 22.9 Å². The lowest BCUT2D eigenvalue weighted by atomic mass is 10.0. The largest absolute Gasteiger partial charge is 0.494 e. The number of carboxylic acids is 1. The number of H-pyrrole nitrogens is 1. The molecule has 0 fully saturated rings. The normalized spacial score (nSPS) is 13.2. The zero-order valence-electron chi connectivity index (χ0n) is 12.0. The van der Waals surface area contributed by atoms with Crippen LogP contribution >= 0.6 is 15.9 Å². The number of fused-ring (bicyclic) bond motifs is 2. The summed E-state index contributed by atoms with van der Waals surface area (Å²) in [4.78, 5) is 30.8. The molecule has 2 heterocycles. The Labute approximate surface area is 143 Å². The van der Waals surface area contributed by atoms with Gasteiger partial charge in [-0.2, -0.15) is 0 Å². The second-order valence-corrected chi connectivity index (χ2v) is 6.19. The van der Waals surface area contributed by atoms with E-state index in [1.165, 1.54) is 18.2 Å². The van der Waals surface area contributed by atoms with Crippen molar-refractivity contribution >= 4 is 50.0 Å². The molecule has 3 N–H and O–H groups in total. The van der Waals surface area contributed by atoms with Crippen LogP contribution in [0, 0.1) is 0 Å². The number of aromatic nitrogens is 1. The van der Waals surface area contributed by atoms with Gasteiger partial charge in [0, 0.05) is 15.4 Å². The maximum atomic E-state index is 12.6. The van der Waals surface area contributed by atoms with E-state index in [0.717, 1.165) is 4.47 Å². The first-order chi connectivity index (χ1) is 11.5. The van der Waals surface area contributed by atoms with E-state index in [2.05, 4.69) is 25.9 Å². The van der Waals surface area contributed by atoms with E-state index < -0.39 is 5.97 Å². The Bertz CT molecular complexity index is 1080. The maximum absolute atomic E-state index is 12.6. The van der Waals surface area contributed by atoms with Crippen molar-refractivity contribution in [1.29, 1.82) is 0 Å². The number of para-hydroxylation sites is 1. The summed E-state index contributed by atoms with van der Waals surface area (Å²) in [6.45, 7) is 0. The van der Waals surface area contributed by atoms with E-state index in [0.29, 0.717) is 27.7 Å². The van der Waals surface area contributed by atoms with Crippen LogP contribution in [0.5, 0.6) is 5.88 Å². The molecular formula is C17H9BrN2O4. The quantitative estimate of drug-likeness (QED) is 0.627. The highest BCUT2D eigenvalue weighted by molar-refractivity contribution is 9.10. The number of hydrogen-bond donors (Lipinski definition) is 3. The zero-order valence-corrected chi connectivity index (χ0v) is 13.6. The van der Waals surface area contributed by atoms with Gasteiger partial charge in [0.25, 0.3) is 0 Å². The number of ketones is 1. The Morgan fingerprint density at radius 2 is 2.00 bits per heavy atom. The average Bonchev–Trinajstić information content (AvgIpc) is 3.05. The summed E-state index contributed by atoms with van der Waals surface area (Å²) >= 11 is 3.39. The molecule has 2 aromatic carbocycles. The van der Waals surface area contributed by atoms with Crippen molar-refractivity contribution in [2.45, 2.75) is 0 Å². The number of carbonyl (C=O) groups excluding carboxylic acids is 1. The molecule has 0 atom stereocenters. The molecule has 3 aromatic rings. The molecule has 0 spiro atoms. The first-order valence-electron chi connectivity index (χ1n) is 6.97. The SMILES string of the molecule is O=C(O)c1ccc2c(c1)N=C(c1c(O)[nH]c3c(Br)cccc13)C2=O. The van der Waals surface area contributed by atoms with Crippen LogP contribution < -0.4 is 0 Å². The Balaban J connectivity index is 1.94. The van der Waals surface area contributed by atoms with E-state index in [4.69, 9.17) is 5.11 Å². The number of hydrogen-bond acceptors (Lipinski definition) is 4. The number of rotatable bonds is 2. The first-order valence-corrected chi connectivity index (χ1v) is 7.77. The lowest BCUT2D eigenvalue weighted by molar-refractivity contribution is 0.0696. The number of carbonyl (C=O) groups is 2. The molecule has 1 aliphatic rings. The van der Waals surface area contributed by atoms with Crippen molar-refractivity contribution in [2.75, 3.05) is 0 Å². The number of nitrogens with one attached hydrogen (secondary N) is 1. The van der Waals surface area contributed by atoms with Gasteiger partial charge in [-0.3, -0.25) is 4.79 Å². The van der Waals surface area contributed by atoms with Gasteiger partial charge in [-0.05, 0) is 40.2 Å². The molecule has 0 amide bonds. The van der Waals surface area contributed by atoms with Gasteiger partial charge in [0.2, 0.25) is 5.78 Å². The Hall–Kier alpha value is -2.93. The minimum absolute atomic E-state index is 0.0532. The lowest BCUT2D eigenvalue weighted by Gasteiger charge is -1.99. The third kappa shape index (κ3) is 1.98. The summed E-state index contributed by atoms with van der Waals surface area (Å²) in [7, 11) is 0. The highest BCUT2D eigenvalue weighted by Crippen LogP contribution is 2.37. The van der Waals surface area contributed by atoms with Crippen LogP contribution in [0.25, 0.3) is 10.9 Å². The van der Waals surface area contributed by atoms with Crippen LogP contribution in [0.4, 0.5) is 5.69 Å². The van der Waals surface area contributed by atoms with Crippen molar-refractivity contribution in [2.24, 2.45) is 4.99 Å². The van der Waals surface area contributed by atoms with Gasteiger partial charge in [-0.15, -0.1) is 0 Å². The Morgan fingerprint density at radius 3 is 2.75 bits per heavy atom. The molecule has 1 aliphatic heterocycles. The molecule has 0 aliphatic carbocycles. The van der Waals surface area contributed by atoms with Crippen LogP contribution in [-0.4, -0.2) is 32.7 Å². The van der Waals surface area contributed by atoms with Gasteiger partial charge >= 0.3 is 5.97 Å². The average molecular weight is 385 g/mol. The highest BCUT2D eigenvalue weighted by Gasteiger charge is 2.30. The fourth-order valence-corrected chi connectivity index (χ4v) is 3.29. The van der Waals surface area contributed by atoms with Crippen molar-refractivity contribution in [3.05, 3.63) is 57.6 Å². The third-order valence-electron chi connectivity index (χ3n) is 3.94. The van der Waals surface area contributed by atoms with Gasteiger partial charge in [0.15, 0.2) is 5.88 Å². The first kappa shape index (κ1) is 14.6. The summed E-state index contributed by atoms with van der Waals surface area (Å²) < 4.78 is 0.748. The Morgan fingerprint density at radius 1 is 1.21 bits per heavy atom. The van der Waals surface area contributed by atoms with Crippen LogP contribution in [0.1, 0.15) is 26.3 Å². The molecule has 0 radical (unpaired) electrons.